The zero-order chi connectivity index (χ0) is 25.2. The van der Waals surface area contributed by atoms with E-state index in [1.54, 1.807) is 15.9 Å². The van der Waals surface area contributed by atoms with E-state index in [0.29, 0.717) is 10.9 Å². The second-order valence-corrected chi connectivity index (χ2v) is 11.7. The molecule has 0 saturated carbocycles. The summed E-state index contributed by atoms with van der Waals surface area (Å²) in [5, 5.41) is 5.49. The number of halogens is 1. The number of aromatic nitrogens is 2. The van der Waals surface area contributed by atoms with Gasteiger partial charge in [0.25, 0.3) is 11.5 Å². The molecule has 4 aromatic rings. The summed E-state index contributed by atoms with van der Waals surface area (Å²) in [6.45, 7) is 3.86. The molecular weight excluding hydrogens is 556 g/mol. The Balaban J connectivity index is 1.44. The van der Waals surface area contributed by atoms with E-state index in [2.05, 4.69) is 26.5 Å². The van der Waals surface area contributed by atoms with Crippen molar-refractivity contribution < 1.29 is 4.79 Å². The minimum absolute atomic E-state index is 0.0605. The Morgan fingerprint density at radius 2 is 1.97 bits per heavy atom. The molecule has 1 aliphatic carbocycles. The highest BCUT2D eigenvalue weighted by molar-refractivity contribution is 9.10. The Hall–Kier alpha value is -2.75. The quantitative estimate of drug-likeness (QED) is 0.131. The molecule has 36 heavy (non-hydrogen) atoms. The first-order valence-corrected chi connectivity index (χ1v) is 14.4. The van der Waals surface area contributed by atoms with Crippen molar-refractivity contribution in [3.63, 3.8) is 0 Å². The van der Waals surface area contributed by atoms with E-state index in [9.17, 15) is 9.59 Å². The standard InChI is InChI=1S/C27H25BrN4O2S2/c1-16-10-12-20(13-11-16)32-26(34)24-21-8-3-4-9-22(21)36-25(24)29-27(32)35-15-23(33)31-30-17(2)18-6-5-7-19(28)14-18/h5-7,10-14H,3-4,8-9,15H2,1-2H3,(H,31,33)/b30-17-. The summed E-state index contributed by atoms with van der Waals surface area (Å²) < 4.78 is 2.60. The molecule has 0 unspecified atom stereocenters. The second kappa shape index (κ2) is 10.7. The SMILES string of the molecule is C/C(=N/NC(=O)CSc1nc2sc3c(c2c(=O)n1-c1ccc(C)cc1)CCCC3)c1cccc(Br)c1. The van der Waals surface area contributed by atoms with E-state index < -0.39 is 0 Å². The van der Waals surface area contributed by atoms with Crippen molar-refractivity contribution in [3.8, 4) is 5.69 Å². The van der Waals surface area contributed by atoms with Crippen molar-refractivity contribution >= 4 is 60.9 Å². The molecule has 0 bridgehead atoms. The van der Waals surface area contributed by atoms with Crippen LogP contribution in [0.1, 0.15) is 41.3 Å². The Kier molecular flexibility index (Phi) is 7.41. The number of nitrogens with zero attached hydrogens (tertiary/aromatic N) is 3. The highest BCUT2D eigenvalue weighted by Gasteiger charge is 2.23. The Morgan fingerprint density at radius 3 is 2.75 bits per heavy atom. The van der Waals surface area contributed by atoms with Crippen molar-refractivity contribution in [2.24, 2.45) is 5.10 Å². The molecule has 0 spiro atoms. The third kappa shape index (κ3) is 5.19. The highest BCUT2D eigenvalue weighted by atomic mass is 79.9. The maximum atomic E-state index is 13.8. The number of hydrazone groups is 1. The van der Waals surface area contributed by atoms with Crippen molar-refractivity contribution in [2.45, 2.75) is 44.7 Å². The van der Waals surface area contributed by atoms with E-state index >= 15 is 0 Å². The lowest BCUT2D eigenvalue weighted by atomic mass is 9.97. The molecule has 5 rings (SSSR count). The van der Waals surface area contributed by atoms with Crippen LogP contribution < -0.4 is 11.0 Å². The van der Waals surface area contributed by atoms with Crippen LogP contribution in [0.15, 0.2) is 68.1 Å². The molecule has 0 saturated heterocycles. The topological polar surface area (TPSA) is 76.3 Å². The van der Waals surface area contributed by atoms with Gasteiger partial charge in [0.05, 0.1) is 22.5 Å². The monoisotopic (exact) mass is 580 g/mol. The number of hydrogen-bond donors (Lipinski definition) is 1. The first-order valence-electron chi connectivity index (χ1n) is 11.8. The van der Waals surface area contributed by atoms with Gasteiger partial charge in [0.15, 0.2) is 5.16 Å². The number of thiophene rings is 1. The molecule has 0 aliphatic heterocycles. The molecule has 2 aromatic heterocycles. The number of thioether (sulfide) groups is 1. The predicted molar refractivity (Wildman–Crippen MR) is 152 cm³/mol. The van der Waals surface area contributed by atoms with Crippen LogP contribution in [0.25, 0.3) is 15.9 Å². The number of amides is 1. The van der Waals surface area contributed by atoms with Gasteiger partial charge in [0, 0.05) is 9.35 Å². The minimum atomic E-state index is -0.260. The fourth-order valence-corrected chi connectivity index (χ4v) is 6.80. The number of hydrogen-bond acceptors (Lipinski definition) is 6. The van der Waals surface area contributed by atoms with Gasteiger partial charge in [-0.15, -0.1) is 11.3 Å². The van der Waals surface area contributed by atoms with Gasteiger partial charge in [-0.3, -0.25) is 14.2 Å². The Morgan fingerprint density at radius 1 is 1.19 bits per heavy atom. The third-order valence-corrected chi connectivity index (χ3v) is 8.79. The van der Waals surface area contributed by atoms with Gasteiger partial charge in [0.2, 0.25) is 0 Å². The fourth-order valence-electron chi connectivity index (χ4n) is 4.29. The lowest BCUT2D eigenvalue weighted by molar-refractivity contribution is -0.118. The number of aryl methyl sites for hydroxylation is 3. The normalized spacial score (nSPS) is 13.6. The van der Waals surface area contributed by atoms with Crippen LogP contribution in [0, 0.1) is 6.92 Å². The van der Waals surface area contributed by atoms with Crippen molar-refractivity contribution in [2.75, 3.05) is 5.75 Å². The van der Waals surface area contributed by atoms with Gasteiger partial charge in [-0.1, -0.05) is 57.5 Å². The van der Waals surface area contributed by atoms with Crippen LogP contribution in [0.5, 0.6) is 0 Å². The lowest BCUT2D eigenvalue weighted by Gasteiger charge is -2.13. The summed E-state index contributed by atoms with van der Waals surface area (Å²) in [7, 11) is 0. The molecule has 9 heteroatoms. The molecule has 0 fully saturated rings. The number of nitrogens with one attached hydrogen (secondary N) is 1. The fraction of sp³-hybridized carbons (Fsp3) is 0.259. The molecule has 2 heterocycles. The number of rotatable bonds is 6. The van der Waals surface area contributed by atoms with E-state index in [-0.39, 0.29) is 17.2 Å². The van der Waals surface area contributed by atoms with Gasteiger partial charge < -0.3 is 0 Å². The minimum Gasteiger partial charge on any atom is -0.272 e. The number of fused-ring (bicyclic) bond motifs is 3. The van der Waals surface area contributed by atoms with E-state index in [4.69, 9.17) is 4.98 Å². The number of carbonyl (C=O) groups excluding carboxylic acids is 1. The van der Waals surface area contributed by atoms with Crippen LogP contribution in [0.4, 0.5) is 0 Å². The van der Waals surface area contributed by atoms with Crippen LogP contribution in [0.3, 0.4) is 0 Å². The van der Waals surface area contributed by atoms with Gasteiger partial charge in [-0.05, 0) is 74.9 Å². The summed E-state index contributed by atoms with van der Waals surface area (Å²) in [6.07, 6.45) is 4.16. The van der Waals surface area contributed by atoms with E-state index in [0.717, 1.165) is 62.8 Å². The molecule has 2 aromatic carbocycles. The number of benzene rings is 2. The molecule has 184 valence electrons. The van der Waals surface area contributed by atoms with Gasteiger partial charge >= 0.3 is 0 Å². The summed E-state index contributed by atoms with van der Waals surface area (Å²) in [6, 6.07) is 15.6. The summed E-state index contributed by atoms with van der Waals surface area (Å²) in [5.74, 6) is -0.172. The van der Waals surface area contributed by atoms with E-state index in [1.807, 2.05) is 62.4 Å². The van der Waals surface area contributed by atoms with Crippen LogP contribution in [-0.4, -0.2) is 26.9 Å². The highest BCUT2D eigenvalue weighted by Crippen LogP contribution is 2.35. The maximum Gasteiger partial charge on any atom is 0.267 e. The molecule has 0 atom stereocenters. The summed E-state index contributed by atoms with van der Waals surface area (Å²) in [5.41, 5.74) is 7.21. The smallest absolute Gasteiger partial charge is 0.267 e. The molecule has 6 nitrogen and oxygen atoms in total. The molecule has 1 aliphatic rings. The largest absolute Gasteiger partial charge is 0.272 e. The summed E-state index contributed by atoms with van der Waals surface area (Å²) in [4.78, 5) is 33.4. The van der Waals surface area contributed by atoms with Crippen LogP contribution in [-0.2, 0) is 17.6 Å². The zero-order valence-electron chi connectivity index (χ0n) is 20.0. The maximum absolute atomic E-state index is 13.8. The zero-order valence-corrected chi connectivity index (χ0v) is 23.2. The summed E-state index contributed by atoms with van der Waals surface area (Å²) >= 11 is 6.32. The first-order chi connectivity index (χ1) is 17.4. The third-order valence-electron chi connectivity index (χ3n) is 6.17. The van der Waals surface area contributed by atoms with Gasteiger partial charge in [-0.25, -0.2) is 10.4 Å². The molecule has 1 N–H and O–H groups in total. The van der Waals surface area contributed by atoms with Gasteiger partial charge in [0.1, 0.15) is 4.83 Å². The second-order valence-electron chi connectivity index (χ2n) is 8.79. The lowest BCUT2D eigenvalue weighted by Crippen LogP contribution is -2.24. The van der Waals surface area contributed by atoms with Crippen molar-refractivity contribution in [1.82, 2.24) is 15.0 Å². The predicted octanol–water partition coefficient (Wildman–Crippen LogP) is 6.03. The molecule has 0 radical (unpaired) electrons. The van der Waals surface area contributed by atoms with Crippen molar-refractivity contribution in [1.29, 1.82) is 0 Å². The molecular formula is C27H25BrN4O2S2. The first kappa shape index (κ1) is 24.9. The van der Waals surface area contributed by atoms with Crippen LogP contribution >= 0.6 is 39.0 Å². The Labute approximate surface area is 226 Å². The number of carbonyl (C=O) groups is 1. The van der Waals surface area contributed by atoms with Crippen LogP contribution in [0.2, 0.25) is 0 Å². The average molecular weight is 582 g/mol. The molecule has 1 amide bonds. The Bertz CT molecular complexity index is 1540. The van der Waals surface area contributed by atoms with E-state index in [1.165, 1.54) is 16.6 Å². The van der Waals surface area contributed by atoms with Gasteiger partial charge in [-0.2, -0.15) is 5.10 Å². The van der Waals surface area contributed by atoms with Crippen molar-refractivity contribution in [3.05, 3.63) is 84.9 Å². The average Bonchev–Trinajstić information content (AvgIpc) is 3.25.